The highest BCUT2D eigenvalue weighted by atomic mass is 32.1. The largest absolute Gasteiger partial charge is 0.468 e. The zero-order valence-corrected chi connectivity index (χ0v) is 13.7. The highest BCUT2D eigenvalue weighted by Gasteiger charge is 2.20. The topological polar surface area (TPSA) is 67.4 Å². The first-order chi connectivity index (χ1) is 10.0. The average molecular weight is 312 g/mol. The van der Waals surface area contributed by atoms with Gasteiger partial charge < -0.3 is 10.1 Å². The van der Waals surface area contributed by atoms with Crippen molar-refractivity contribution >= 4 is 23.2 Å². The van der Waals surface area contributed by atoms with Crippen molar-refractivity contribution in [2.24, 2.45) is 5.92 Å². The number of nitrogens with one attached hydrogen (secondary N) is 2. The van der Waals surface area contributed by atoms with E-state index in [-0.39, 0.29) is 18.4 Å². The molecular weight excluding hydrogens is 288 g/mol. The summed E-state index contributed by atoms with van der Waals surface area (Å²) in [7, 11) is 1.36. The van der Waals surface area contributed by atoms with Crippen LogP contribution in [0, 0.1) is 5.92 Å². The van der Waals surface area contributed by atoms with Gasteiger partial charge in [0.05, 0.1) is 13.7 Å². The minimum Gasteiger partial charge on any atom is -0.468 e. The Morgan fingerprint density at radius 2 is 2.14 bits per heavy atom. The van der Waals surface area contributed by atoms with Gasteiger partial charge in [0.15, 0.2) is 0 Å². The molecule has 118 valence electrons. The third-order valence-corrected chi connectivity index (χ3v) is 3.91. The number of carbonyl (C=O) groups is 2. The maximum absolute atomic E-state index is 11.8. The maximum atomic E-state index is 11.8. The number of hydrogen-bond donors (Lipinski definition) is 2. The lowest BCUT2D eigenvalue weighted by Crippen LogP contribution is -2.44. The standard InChI is InChI=1S/C15H24N2O3S/c1-11(2)9-13(15(19)20-3)17-10-14(18)16-7-6-12-5-4-8-21-12/h4-5,8,11,13,17H,6-7,9-10H2,1-3H3,(H,16,18). The van der Waals surface area contributed by atoms with E-state index in [1.54, 1.807) is 11.3 Å². The van der Waals surface area contributed by atoms with Gasteiger partial charge in [0.2, 0.25) is 5.91 Å². The van der Waals surface area contributed by atoms with Crippen LogP contribution in [0.15, 0.2) is 17.5 Å². The molecule has 0 fully saturated rings. The minimum atomic E-state index is -0.432. The fourth-order valence-corrected chi connectivity index (χ4v) is 2.64. The summed E-state index contributed by atoms with van der Waals surface area (Å²) >= 11 is 1.68. The lowest BCUT2D eigenvalue weighted by Gasteiger charge is -2.18. The number of rotatable bonds is 9. The molecule has 0 bridgehead atoms. The lowest BCUT2D eigenvalue weighted by atomic mass is 10.0. The zero-order chi connectivity index (χ0) is 15.7. The van der Waals surface area contributed by atoms with Gasteiger partial charge in [0, 0.05) is 11.4 Å². The van der Waals surface area contributed by atoms with Gasteiger partial charge in [0.25, 0.3) is 0 Å². The average Bonchev–Trinajstić information content (AvgIpc) is 2.95. The quantitative estimate of drug-likeness (QED) is 0.680. The second kappa shape index (κ2) is 9.52. The Morgan fingerprint density at radius 1 is 1.38 bits per heavy atom. The van der Waals surface area contributed by atoms with Crippen LogP contribution < -0.4 is 10.6 Å². The van der Waals surface area contributed by atoms with Gasteiger partial charge in [-0.05, 0) is 30.2 Å². The van der Waals surface area contributed by atoms with Gasteiger partial charge in [-0.2, -0.15) is 0 Å². The molecule has 1 aromatic rings. The van der Waals surface area contributed by atoms with Crippen LogP contribution in [0.4, 0.5) is 0 Å². The minimum absolute atomic E-state index is 0.107. The van der Waals surface area contributed by atoms with Crippen LogP contribution in [0.5, 0.6) is 0 Å². The Kier molecular flexibility index (Phi) is 8.00. The Hall–Kier alpha value is -1.40. The predicted molar refractivity (Wildman–Crippen MR) is 84.3 cm³/mol. The molecule has 0 aliphatic rings. The summed E-state index contributed by atoms with van der Waals surface area (Å²) in [4.78, 5) is 24.6. The van der Waals surface area contributed by atoms with Crippen LogP contribution in [0.1, 0.15) is 25.1 Å². The van der Waals surface area contributed by atoms with Crippen LogP contribution in [0.2, 0.25) is 0 Å². The fourth-order valence-electron chi connectivity index (χ4n) is 1.93. The van der Waals surface area contributed by atoms with E-state index < -0.39 is 6.04 Å². The molecule has 0 spiro atoms. The maximum Gasteiger partial charge on any atom is 0.322 e. The van der Waals surface area contributed by atoms with Crippen molar-refractivity contribution in [3.63, 3.8) is 0 Å². The molecule has 0 aromatic carbocycles. The monoisotopic (exact) mass is 312 g/mol. The molecule has 1 rings (SSSR count). The molecule has 0 aliphatic heterocycles. The normalized spacial score (nSPS) is 12.2. The van der Waals surface area contributed by atoms with Crippen molar-refractivity contribution in [1.82, 2.24) is 10.6 Å². The Labute approximate surface area is 130 Å². The fraction of sp³-hybridized carbons (Fsp3) is 0.600. The van der Waals surface area contributed by atoms with Gasteiger partial charge in [0.1, 0.15) is 6.04 Å². The van der Waals surface area contributed by atoms with Crippen molar-refractivity contribution < 1.29 is 14.3 Å². The van der Waals surface area contributed by atoms with E-state index in [1.165, 1.54) is 12.0 Å². The summed E-state index contributed by atoms with van der Waals surface area (Å²) in [6.45, 7) is 4.78. The summed E-state index contributed by atoms with van der Waals surface area (Å²) in [5, 5.41) is 7.82. The van der Waals surface area contributed by atoms with E-state index >= 15 is 0 Å². The molecule has 1 heterocycles. The van der Waals surface area contributed by atoms with Crippen molar-refractivity contribution in [2.45, 2.75) is 32.7 Å². The van der Waals surface area contributed by atoms with Crippen LogP contribution in [-0.2, 0) is 20.7 Å². The highest BCUT2D eigenvalue weighted by Crippen LogP contribution is 2.08. The zero-order valence-electron chi connectivity index (χ0n) is 12.8. The second-order valence-corrected chi connectivity index (χ2v) is 6.30. The number of carbonyl (C=O) groups excluding carboxylic acids is 2. The molecule has 0 saturated heterocycles. The summed E-state index contributed by atoms with van der Waals surface area (Å²) in [6.07, 6.45) is 1.48. The number of esters is 1. The molecule has 6 heteroatoms. The summed E-state index contributed by atoms with van der Waals surface area (Å²) in [5.74, 6) is -0.0807. The van der Waals surface area contributed by atoms with Gasteiger partial charge in [-0.25, -0.2) is 0 Å². The van der Waals surface area contributed by atoms with Crippen LogP contribution in [0.25, 0.3) is 0 Å². The molecular formula is C15H24N2O3S. The third-order valence-electron chi connectivity index (χ3n) is 2.98. The third kappa shape index (κ3) is 7.24. The first-order valence-electron chi connectivity index (χ1n) is 7.13. The molecule has 0 aliphatic carbocycles. The predicted octanol–water partition coefficient (Wildman–Crippen LogP) is 1.58. The Balaban J connectivity index is 2.27. The van der Waals surface area contributed by atoms with Gasteiger partial charge >= 0.3 is 5.97 Å². The van der Waals surface area contributed by atoms with Crippen molar-refractivity contribution in [3.05, 3.63) is 22.4 Å². The van der Waals surface area contributed by atoms with E-state index in [9.17, 15) is 9.59 Å². The molecule has 1 atom stereocenters. The molecule has 1 unspecified atom stereocenters. The van der Waals surface area contributed by atoms with E-state index in [2.05, 4.69) is 10.6 Å². The first-order valence-corrected chi connectivity index (χ1v) is 8.01. The summed E-state index contributed by atoms with van der Waals surface area (Å²) < 4.78 is 4.74. The number of methoxy groups -OCH3 is 1. The second-order valence-electron chi connectivity index (χ2n) is 5.27. The van der Waals surface area contributed by atoms with E-state index in [4.69, 9.17) is 4.74 Å². The van der Waals surface area contributed by atoms with E-state index in [1.807, 2.05) is 31.4 Å². The summed E-state index contributed by atoms with van der Waals surface area (Å²) in [6, 6.07) is 3.61. The molecule has 2 N–H and O–H groups in total. The smallest absolute Gasteiger partial charge is 0.322 e. The number of hydrogen-bond acceptors (Lipinski definition) is 5. The van der Waals surface area contributed by atoms with Gasteiger partial charge in [-0.3, -0.25) is 14.9 Å². The van der Waals surface area contributed by atoms with Crippen molar-refractivity contribution in [3.8, 4) is 0 Å². The Morgan fingerprint density at radius 3 is 2.71 bits per heavy atom. The molecule has 1 aromatic heterocycles. The molecule has 0 saturated carbocycles. The van der Waals surface area contributed by atoms with E-state index in [0.717, 1.165) is 6.42 Å². The first kappa shape index (κ1) is 17.7. The van der Waals surface area contributed by atoms with Crippen LogP contribution in [0.3, 0.4) is 0 Å². The van der Waals surface area contributed by atoms with E-state index in [0.29, 0.717) is 18.9 Å². The van der Waals surface area contributed by atoms with Crippen LogP contribution in [-0.4, -0.2) is 38.1 Å². The number of amides is 1. The SMILES string of the molecule is COC(=O)C(CC(C)C)NCC(=O)NCCc1cccs1. The molecule has 1 amide bonds. The number of thiophene rings is 1. The van der Waals surface area contributed by atoms with Gasteiger partial charge in [-0.1, -0.05) is 19.9 Å². The molecule has 21 heavy (non-hydrogen) atoms. The van der Waals surface area contributed by atoms with Crippen LogP contribution >= 0.6 is 11.3 Å². The molecule has 0 radical (unpaired) electrons. The Bertz CT molecular complexity index is 432. The number of ether oxygens (including phenoxy) is 1. The van der Waals surface area contributed by atoms with Gasteiger partial charge in [-0.15, -0.1) is 11.3 Å². The lowest BCUT2D eigenvalue weighted by molar-refractivity contribution is -0.143. The summed E-state index contributed by atoms with van der Waals surface area (Å²) in [5.41, 5.74) is 0. The van der Waals surface area contributed by atoms with Crippen molar-refractivity contribution in [1.29, 1.82) is 0 Å². The van der Waals surface area contributed by atoms with Crippen molar-refractivity contribution in [2.75, 3.05) is 20.2 Å². The molecule has 5 nitrogen and oxygen atoms in total. The highest BCUT2D eigenvalue weighted by molar-refractivity contribution is 7.09.